The zero-order valence-corrected chi connectivity index (χ0v) is 17.1. The molecule has 1 amide bonds. The summed E-state index contributed by atoms with van der Waals surface area (Å²) in [4.78, 5) is 12.4. The Balaban J connectivity index is 1.26. The number of aliphatic hydroxyl groups excluding tert-OH is 1. The summed E-state index contributed by atoms with van der Waals surface area (Å²) in [5.41, 5.74) is -0.144. The molecule has 3 atom stereocenters. The van der Waals surface area contributed by atoms with Gasteiger partial charge in [-0.2, -0.15) is 0 Å². The van der Waals surface area contributed by atoms with Crippen LogP contribution in [0.25, 0.3) is 0 Å². The van der Waals surface area contributed by atoms with Crippen LogP contribution in [0.2, 0.25) is 0 Å². The normalized spacial score (nSPS) is 29.9. The lowest BCUT2D eigenvalue weighted by Gasteiger charge is -2.36. The molecular formula is C21H34N4O4. The Kier molecular flexibility index (Phi) is 6.51. The summed E-state index contributed by atoms with van der Waals surface area (Å²) in [5, 5.41) is 31.9. The van der Waals surface area contributed by atoms with E-state index in [1.54, 1.807) is 4.68 Å². The van der Waals surface area contributed by atoms with Crippen molar-refractivity contribution in [3.63, 3.8) is 0 Å². The second-order valence-electron chi connectivity index (χ2n) is 9.05. The number of carbonyl (C=O) groups is 1. The summed E-state index contributed by atoms with van der Waals surface area (Å²) in [7, 11) is 0. The molecule has 0 unspecified atom stereocenters. The number of nitrogens with one attached hydrogen (secondary N) is 1. The van der Waals surface area contributed by atoms with Crippen molar-refractivity contribution in [1.29, 1.82) is 0 Å². The maximum absolute atomic E-state index is 12.4. The highest BCUT2D eigenvalue weighted by atomic mass is 16.5. The molecule has 0 aromatic carbocycles. The van der Waals surface area contributed by atoms with Gasteiger partial charge < -0.3 is 20.3 Å². The number of nitrogens with zero attached hydrogens (tertiary/aromatic N) is 3. The van der Waals surface area contributed by atoms with Gasteiger partial charge in [-0.25, -0.2) is 0 Å². The molecule has 3 aliphatic rings. The van der Waals surface area contributed by atoms with Crippen molar-refractivity contribution in [3.8, 4) is 0 Å². The SMILES string of the molecule is O=C(N[C@@H]1CC[C@H](CCn2cc(C3(O)CCCC3)nn2)O[C@@H]1CO)C1CCCC1. The van der Waals surface area contributed by atoms with Crippen molar-refractivity contribution < 1.29 is 19.7 Å². The first-order valence-electron chi connectivity index (χ1n) is 11.3. The number of carbonyl (C=O) groups excluding carboxylic acids is 1. The number of hydrogen-bond acceptors (Lipinski definition) is 6. The van der Waals surface area contributed by atoms with Gasteiger partial charge in [0.25, 0.3) is 0 Å². The Labute approximate surface area is 172 Å². The molecule has 2 saturated carbocycles. The van der Waals surface area contributed by atoms with E-state index in [9.17, 15) is 15.0 Å². The largest absolute Gasteiger partial charge is 0.394 e. The molecule has 0 radical (unpaired) electrons. The highest BCUT2D eigenvalue weighted by molar-refractivity contribution is 5.79. The standard InChI is InChI=1S/C21H34N4O4/c26-14-18-17(22-20(27)15-5-1-2-6-15)8-7-16(29-18)9-12-25-13-19(23-24-25)21(28)10-3-4-11-21/h13,15-18,26,28H,1-12,14H2,(H,22,27)/t16-,17-,18-/m1/s1. The van der Waals surface area contributed by atoms with Gasteiger partial charge in [0.2, 0.25) is 5.91 Å². The zero-order chi connectivity index (χ0) is 20.3. The minimum atomic E-state index is -0.813. The second kappa shape index (κ2) is 9.10. The van der Waals surface area contributed by atoms with Gasteiger partial charge >= 0.3 is 0 Å². The molecule has 2 heterocycles. The van der Waals surface area contributed by atoms with Crippen molar-refractivity contribution >= 4 is 5.91 Å². The Morgan fingerprint density at radius 1 is 1.21 bits per heavy atom. The van der Waals surface area contributed by atoms with Crippen molar-refractivity contribution in [1.82, 2.24) is 20.3 Å². The van der Waals surface area contributed by atoms with E-state index >= 15 is 0 Å². The van der Waals surface area contributed by atoms with Gasteiger partial charge in [0.1, 0.15) is 17.4 Å². The zero-order valence-electron chi connectivity index (χ0n) is 17.1. The lowest BCUT2D eigenvalue weighted by Crippen LogP contribution is -2.52. The Morgan fingerprint density at radius 3 is 2.69 bits per heavy atom. The summed E-state index contributed by atoms with van der Waals surface area (Å²) < 4.78 is 7.86. The van der Waals surface area contributed by atoms with E-state index in [1.165, 1.54) is 0 Å². The summed E-state index contributed by atoms with van der Waals surface area (Å²) in [6.45, 7) is 0.567. The van der Waals surface area contributed by atoms with Crippen LogP contribution < -0.4 is 5.32 Å². The van der Waals surface area contributed by atoms with Crippen LogP contribution >= 0.6 is 0 Å². The number of hydrogen-bond donors (Lipinski definition) is 3. The van der Waals surface area contributed by atoms with E-state index in [0.29, 0.717) is 12.2 Å². The maximum atomic E-state index is 12.4. The first-order chi connectivity index (χ1) is 14.1. The number of aromatic nitrogens is 3. The molecule has 162 valence electrons. The quantitative estimate of drug-likeness (QED) is 0.635. The topological polar surface area (TPSA) is 110 Å². The number of amides is 1. The highest BCUT2D eigenvalue weighted by Gasteiger charge is 2.36. The van der Waals surface area contributed by atoms with Gasteiger partial charge in [0, 0.05) is 12.5 Å². The predicted octanol–water partition coefficient (Wildman–Crippen LogP) is 1.64. The molecule has 29 heavy (non-hydrogen) atoms. The summed E-state index contributed by atoms with van der Waals surface area (Å²) in [5.74, 6) is 0.247. The fourth-order valence-corrected chi connectivity index (χ4v) is 5.11. The Morgan fingerprint density at radius 2 is 1.97 bits per heavy atom. The fourth-order valence-electron chi connectivity index (χ4n) is 5.11. The lowest BCUT2D eigenvalue weighted by molar-refractivity contribution is -0.132. The molecule has 1 aromatic heterocycles. The van der Waals surface area contributed by atoms with Crippen molar-refractivity contribution in [2.24, 2.45) is 5.92 Å². The van der Waals surface area contributed by atoms with Crippen molar-refractivity contribution in [3.05, 3.63) is 11.9 Å². The van der Waals surface area contributed by atoms with Crippen LogP contribution in [0.15, 0.2) is 6.20 Å². The van der Waals surface area contributed by atoms with E-state index in [-0.39, 0.29) is 36.7 Å². The van der Waals surface area contributed by atoms with Crippen molar-refractivity contribution in [2.75, 3.05) is 6.61 Å². The van der Waals surface area contributed by atoms with Gasteiger partial charge in [-0.15, -0.1) is 5.10 Å². The van der Waals surface area contributed by atoms with Crippen molar-refractivity contribution in [2.45, 2.75) is 101 Å². The van der Waals surface area contributed by atoms with E-state index in [2.05, 4.69) is 15.6 Å². The molecule has 0 spiro atoms. The highest BCUT2D eigenvalue weighted by Crippen LogP contribution is 2.37. The first kappa shape index (κ1) is 20.8. The minimum absolute atomic E-state index is 0.0222. The third-order valence-corrected chi connectivity index (χ3v) is 6.98. The van der Waals surface area contributed by atoms with E-state index in [0.717, 1.165) is 70.6 Å². The third-order valence-electron chi connectivity index (χ3n) is 6.98. The second-order valence-corrected chi connectivity index (χ2v) is 9.05. The molecule has 3 N–H and O–H groups in total. The Bertz CT molecular complexity index is 682. The van der Waals surface area contributed by atoms with Crippen LogP contribution in [0, 0.1) is 5.92 Å². The molecule has 8 heteroatoms. The number of aliphatic hydroxyl groups is 2. The Hall–Kier alpha value is -1.51. The lowest BCUT2D eigenvalue weighted by atomic mass is 9.96. The first-order valence-corrected chi connectivity index (χ1v) is 11.3. The van der Waals surface area contributed by atoms with Gasteiger partial charge in [0.05, 0.1) is 24.9 Å². The number of aryl methyl sites for hydroxylation is 1. The number of rotatable bonds is 7. The van der Waals surface area contributed by atoms with E-state index in [1.807, 2.05) is 6.20 Å². The smallest absolute Gasteiger partial charge is 0.223 e. The molecule has 2 aliphatic carbocycles. The number of ether oxygens (including phenoxy) is 1. The average molecular weight is 407 g/mol. The van der Waals surface area contributed by atoms with Crippen LogP contribution in [0.5, 0.6) is 0 Å². The molecule has 0 bridgehead atoms. The van der Waals surface area contributed by atoms with Gasteiger partial charge in [0.15, 0.2) is 0 Å². The fraction of sp³-hybridized carbons (Fsp3) is 0.857. The maximum Gasteiger partial charge on any atom is 0.223 e. The molecule has 1 aliphatic heterocycles. The molecule has 4 rings (SSSR count). The summed E-state index contributed by atoms with van der Waals surface area (Å²) in [6, 6.07) is -0.112. The van der Waals surface area contributed by atoms with Crippen LogP contribution in [0.1, 0.15) is 76.3 Å². The van der Waals surface area contributed by atoms with Gasteiger partial charge in [-0.1, -0.05) is 30.9 Å². The van der Waals surface area contributed by atoms with Gasteiger partial charge in [-0.3, -0.25) is 9.48 Å². The van der Waals surface area contributed by atoms with Crippen LogP contribution in [-0.2, 0) is 21.7 Å². The van der Waals surface area contributed by atoms with Crippen LogP contribution in [0.3, 0.4) is 0 Å². The molecule has 1 saturated heterocycles. The molecule has 8 nitrogen and oxygen atoms in total. The third kappa shape index (κ3) is 4.81. The molecule has 1 aromatic rings. The van der Waals surface area contributed by atoms with E-state index < -0.39 is 5.60 Å². The minimum Gasteiger partial charge on any atom is -0.394 e. The predicted molar refractivity (Wildman–Crippen MR) is 106 cm³/mol. The summed E-state index contributed by atoms with van der Waals surface area (Å²) in [6.07, 6.45) is 11.7. The van der Waals surface area contributed by atoms with Crippen LogP contribution in [0.4, 0.5) is 0 Å². The monoisotopic (exact) mass is 406 g/mol. The van der Waals surface area contributed by atoms with Gasteiger partial charge in [-0.05, 0) is 44.9 Å². The molecular weight excluding hydrogens is 372 g/mol. The van der Waals surface area contributed by atoms with E-state index in [4.69, 9.17) is 4.74 Å². The average Bonchev–Trinajstić information content (AvgIpc) is 3.49. The van der Waals surface area contributed by atoms with Crippen LogP contribution in [-0.4, -0.2) is 56.0 Å². The molecule has 3 fully saturated rings. The summed E-state index contributed by atoms with van der Waals surface area (Å²) >= 11 is 0.